The van der Waals surface area contributed by atoms with E-state index in [1.165, 1.54) is 36.8 Å². The van der Waals surface area contributed by atoms with Crippen molar-refractivity contribution < 1.29 is 19.4 Å². The lowest BCUT2D eigenvalue weighted by atomic mass is 10.1. The van der Waals surface area contributed by atoms with Crippen molar-refractivity contribution in [1.82, 2.24) is 4.98 Å². The maximum absolute atomic E-state index is 12.0. The molecule has 0 aliphatic heterocycles. The Morgan fingerprint density at radius 3 is 2.70 bits per heavy atom. The summed E-state index contributed by atoms with van der Waals surface area (Å²) in [6.07, 6.45) is 1.46. The normalized spacial score (nSPS) is 10.1. The van der Waals surface area contributed by atoms with E-state index < -0.39 is 5.97 Å². The van der Waals surface area contributed by atoms with Crippen molar-refractivity contribution in [3.05, 3.63) is 39.8 Å². The van der Waals surface area contributed by atoms with Gasteiger partial charge in [-0.1, -0.05) is 0 Å². The molecule has 2 N–H and O–H groups in total. The Balaban J connectivity index is 2.29. The number of thiazole rings is 1. The number of carbonyl (C=O) groups is 2. The predicted octanol–water partition coefficient (Wildman–Crippen LogP) is 2.41. The minimum absolute atomic E-state index is 0.0288. The highest BCUT2D eigenvalue weighted by Gasteiger charge is 2.16. The zero-order valence-electron chi connectivity index (χ0n) is 10.8. The number of amides is 1. The average Bonchev–Trinajstić information content (AvgIpc) is 2.85. The highest BCUT2D eigenvalue weighted by Crippen LogP contribution is 2.23. The number of carboxylic acid groups (broad SMARTS) is 1. The lowest BCUT2D eigenvalue weighted by molar-refractivity contribution is 0.0697. The lowest BCUT2D eigenvalue weighted by Crippen LogP contribution is -2.13. The molecule has 6 nitrogen and oxygen atoms in total. The average molecular weight is 292 g/mol. The van der Waals surface area contributed by atoms with Gasteiger partial charge in [-0.25, -0.2) is 9.78 Å². The fourth-order valence-electron chi connectivity index (χ4n) is 1.59. The highest BCUT2D eigenvalue weighted by molar-refractivity contribution is 7.13. The number of hydrogen-bond donors (Lipinski definition) is 2. The summed E-state index contributed by atoms with van der Waals surface area (Å²) in [5, 5.41) is 12.5. The maximum atomic E-state index is 12.0. The second-order valence-electron chi connectivity index (χ2n) is 3.91. The van der Waals surface area contributed by atoms with E-state index in [9.17, 15) is 9.59 Å². The van der Waals surface area contributed by atoms with Crippen molar-refractivity contribution >= 4 is 28.9 Å². The molecule has 1 aromatic carbocycles. The first-order chi connectivity index (χ1) is 9.51. The Bertz CT molecular complexity index is 666. The summed E-state index contributed by atoms with van der Waals surface area (Å²) in [5.41, 5.74) is 0.188. The second kappa shape index (κ2) is 5.70. The number of aromatic carboxylic acids is 1. The molecule has 2 rings (SSSR count). The first-order valence-electron chi connectivity index (χ1n) is 5.66. The standard InChI is InChI=1S/C13H12N2O4S/c1-7-14-6-11(20-7)12(16)15-10-4-3-8(19-2)5-9(10)13(17)18/h3-6H,1-2H3,(H,15,16)(H,17,18). The van der Waals surface area contributed by atoms with Crippen LogP contribution in [0.1, 0.15) is 25.0 Å². The van der Waals surface area contributed by atoms with Crippen molar-refractivity contribution in [1.29, 1.82) is 0 Å². The molecule has 0 aliphatic carbocycles. The van der Waals surface area contributed by atoms with Crippen LogP contribution in [0.5, 0.6) is 5.75 Å². The van der Waals surface area contributed by atoms with Crippen molar-refractivity contribution in [3.8, 4) is 5.75 Å². The third kappa shape index (κ3) is 2.94. The van der Waals surface area contributed by atoms with Gasteiger partial charge in [-0.05, 0) is 25.1 Å². The summed E-state index contributed by atoms with van der Waals surface area (Å²) in [7, 11) is 1.44. The monoisotopic (exact) mass is 292 g/mol. The third-order valence-electron chi connectivity index (χ3n) is 2.55. The molecular weight excluding hydrogens is 280 g/mol. The topological polar surface area (TPSA) is 88.5 Å². The Hall–Kier alpha value is -2.41. The van der Waals surface area contributed by atoms with Crippen LogP contribution in [0.3, 0.4) is 0 Å². The van der Waals surface area contributed by atoms with E-state index >= 15 is 0 Å². The van der Waals surface area contributed by atoms with Gasteiger partial charge >= 0.3 is 5.97 Å². The molecule has 20 heavy (non-hydrogen) atoms. The summed E-state index contributed by atoms with van der Waals surface area (Å²) in [6, 6.07) is 4.43. The minimum Gasteiger partial charge on any atom is -0.497 e. The van der Waals surface area contributed by atoms with E-state index in [0.717, 1.165) is 5.01 Å². The van der Waals surface area contributed by atoms with Crippen LogP contribution in [-0.4, -0.2) is 29.1 Å². The smallest absolute Gasteiger partial charge is 0.337 e. The summed E-state index contributed by atoms with van der Waals surface area (Å²) in [4.78, 5) is 27.6. The summed E-state index contributed by atoms with van der Waals surface area (Å²) < 4.78 is 4.97. The number of aromatic nitrogens is 1. The third-order valence-corrected chi connectivity index (χ3v) is 3.46. The minimum atomic E-state index is -1.14. The van der Waals surface area contributed by atoms with E-state index in [2.05, 4.69) is 10.3 Å². The van der Waals surface area contributed by atoms with Gasteiger partial charge in [0.25, 0.3) is 5.91 Å². The molecule has 0 bridgehead atoms. The quantitative estimate of drug-likeness (QED) is 0.903. The summed E-state index contributed by atoms with van der Waals surface area (Å²) in [5.74, 6) is -1.11. The first-order valence-corrected chi connectivity index (χ1v) is 6.48. The molecule has 7 heteroatoms. The number of hydrogen-bond acceptors (Lipinski definition) is 5. The van der Waals surface area contributed by atoms with Crippen LogP contribution in [0, 0.1) is 6.92 Å². The Morgan fingerprint density at radius 2 is 2.15 bits per heavy atom. The molecular formula is C13H12N2O4S. The number of rotatable bonds is 4. The van der Waals surface area contributed by atoms with Gasteiger partial charge in [0.2, 0.25) is 0 Å². The Labute approximate surface area is 119 Å². The molecule has 0 saturated carbocycles. The summed E-state index contributed by atoms with van der Waals surface area (Å²) in [6.45, 7) is 1.79. The van der Waals surface area contributed by atoms with E-state index in [1.54, 1.807) is 13.0 Å². The molecule has 2 aromatic rings. The second-order valence-corrected chi connectivity index (χ2v) is 5.15. The molecule has 0 unspecified atom stereocenters. The number of aryl methyl sites for hydroxylation is 1. The number of methoxy groups -OCH3 is 1. The van der Waals surface area contributed by atoms with Crippen LogP contribution >= 0.6 is 11.3 Å². The zero-order chi connectivity index (χ0) is 14.7. The molecule has 104 valence electrons. The van der Waals surface area contributed by atoms with Gasteiger partial charge in [-0.3, -0.25) is 4.79 Å². The number of nitrogens with zero attached hydrogens (tertiary/aromatic N) is 1. The van der Waals surface area contributed by atoms with Crippen LogP contribution in [0.2, 0.25) is 0 Å². The fraction of sp³-hybridized carbons (Fsp3) is 0.154. The molecule has 0 aliphatic rings. The molecule has 1 amide bonds. The van der Waals surface area contributed by atoms with Gasteiger partial charge in [0, 0.05) is 0 Å². The van der Waals surface area contributed by atoms with Gasteiger partial charge < -0.3 is 15.2 Å². The summed E-state index contributed by atoms with van der Waals surface area (Å²) >= 11 is 1.24. The van der Waals surface area contributed by atoms with Gasteiger partial charge in [0.15, 0.2) is 0 Å². The number of carboxylic acids is 1. The van der Waals surface area contributed by atoms with Crippen LogP contribution in [0.25, 0.3) is 0 Å². The van der Waals surface area contributed by atoms with Gasteiger partial charge in [0.05, 0.1) is 29.6 Å². The maximum Gasteiger partial charge on any atom is 0.337 e. The van der Waals surface area contributed by atoms with Crippen molar-refractivity contribution in [2.45, 2.75) is 6.92 Å². The molecule has 1 heterocycles. The Morgan fingerprint density at radius 1 is 1.40 bits per heavy atom. The van der Waals surface area contributed by atoms with E-state index in [-0.39, 0.29) is 17.2 Å². The van der Waals surface area contributed by atoms with E-state index in [1.807, 2.05) is 0 Å². The largest absolute Gasteiger partial charge is 0.497 e. The lowest BCUT2D eigenvalue weighted by Gasteiger charge is -2.09. The van der Waals surface area contributed by atoms with Crippen LogP contribution in [0.15, 0.2) is 24.4 Å². The fourth-order valence-corrected chi connectivity index (χ4v) is 2.26. The van der Waals surface area contributed by atoms with E-state index in [0.29, 0.717) is 10.6 Å². The molecule has 1 aromatic heterocycles. The Kier molecular flexibility index (Phi) is 3.99. The number of carbonyl (C=O) groups excluding carboxylic acids is 1. The molecule has 0 radical (unpaired) electrons. The highest BCUT2D eigenvalue weighted by atomic mass is 32.1. The zero-order valence-corrected chi connectivity index (χ0v) is 11.7. The van der Waals surface area contributed by atoms with Crippen LogP contribution in [0.4, 0.5) is 5.69 Å². The molecule has 0 fully saturated rings. The molecule has 0 atom stereocenters. The molecule has 0 spiro atoms. The van der Waals surface area contributed by atoms with Crippen LogP contribution < -0.4 is 10.1 Å². The van der Waals surface area contributed by atoms with Crippen LogP contribution in [-0.2, 0) is 0 Å². The van der Waals surface area contributed by atoms with Crippen molar-refractivity contribution in [3.63, 3.8) is 0 Å². The van der Waals surface area contributed by atoms with Gasteiger partial charge in [-0.15, -0.1) is 11.3 Å². The van der Waals surface area contributed by atoms with Gasteiger partial charge in [0.1, 0.15) is 10.6 Å². The van der Waals surface area contributed by atoms with Crippen molar-refractivity contribution in [2.24, 2.45) is 0 Å². The predicted molar refractivity (Wildman–Crippen MR) is 74.8 cm³/mol. The van der Waals surface area contributed by atoms with Crippen molar-refractivity contribution in [2.75, 3.05) is 12.4 Å². The van der Waals surface area contributed by atoms with Gasteiger partial charge in [-0.2, -0.15) is 0 Å². The number of benzene rings is 1. The number of ether oxygens (including phenoxy) is 1. The number of anilines is 1. The van der Waals surface area contributed by atoms with E-state index in [4.69, 9.17) is 9.84 Å². The first kappa shape index (κ1) is 14.0. The SMILES string of the molecule is COc1ccc(NC(=O)c2cnc(C)s2)c(C(=O)O)c1. The molecule has 0 saturated heterocycles. The number of nitrogens with one attached hydrogen (secondary N) is 1.